The van der Waals surface area contributed by atoms with Gasteiger partial charge in [0, 0.05) is 12.0 Å². The molecule has 17 heavy (non-hydrogen) atoms. The van der Waals surface area contributed by atoms with E-state index in [2.05, 4.69) is 5.32 Å². The molecule has 1 atom stereocenters. The van der Waals surface area contributed by atoms with Crippen LogP contribution >= 0.6 is 11.6 Å². The number of nitrogens with one attached hydrogen (secondary N) is 1. The van der Waals surface area contributed by atoms with E-state index in [1.54, 1.807) is 0 Å². The first kappa shape index (κ1) is 11.3. The fourth-order valence-electron chi connectivity index (χ4n) is 2.80. The molecule has 1 fully saturated rings. The van der Waals surface area contributed by atoms with Gasteiger partial charge in [0.1, 0.15) is 11.4 Å². The van der Waals surface area contributed by atoms with E-state index < -0.39 is 6.10 Å². The maximum absolute atomic E-state index is 10.2. The van der Waals surface area contributed by atoms with E-state index in [-0.39, 0.29) is 5.60 Å². The van der Waals surface area contributed by atoms with Crippen molar-refractivity contribution >= 4 is 11.6 Å². The summed E-state index contributed by atoms with van der Waals surface area (Å²) in [7, 11) is 0. The number of para-hydroxylation sites is 1. The van der Waals surface area contributed by atoms with Gasteiger partial charge in [-0.25, -0.2) is 0 Å². The van der Waals surface area contributed by atoms with Crippen LogP contribution in [0.5, 0.6) is 5.75 Å². The van der Waals surface area contributed by atoms with Gasteiger partial charge in [-0.3, -0.25) is 0 Å². The normalized spacial score (nSPS) is 26.4. The van der Waals surface area contributed by atoms with Crippen LogP contribution in [0.4, 0.5) is 0 Å². The highest BCUT2D eigenvalue weighted by Crippen LogP contribution is 2.46. The van der Waals surface area contributed by atoms with Gasteiger partial charge in [-0.15, -0.1) is 0 Å². The molecular formula is C13H16ClNO2. The van der Waals surface area contributed by atoms with Crippen molar-refractivity contribution in [2.45, 2.75) is 31.0 Å². The third-order valence-corrected chi connectivity index (χ3v) is 4.05. The number of aliphatic hydroxyl groups excluding tert-OH is 1. The molecule has 92 valence electrons. The summed E-state index contributed by atoms with van der Waals surface area (Å²) in [4.78, 5) is 0. The predicted octanol–water partition coefficient (Wildman–Crippen LogP) is 2.28. The van der Waals surface area contributed by atoms with Crippen LogP contribution in [-0.4, -0.2) is 23.8 Å². The Bertz CT molecular complexity index is 429. The summed E-state index contributed by atoms with van der Waals surface area (Å²) >= 11 is 6.16. The largest absolute Gasteiger partial charge is 0.485 e. The quantitative estimate of drug-likeness (QED) is 0.745. The molecule has 0 bridgehead atoms. The molecule has 0 aromatic heterocycles. The monoisotopic (exact) mass is 253 g/mol. The van der Waals surface area contributed by atoms with Gasteiger partial charge in [-0.05, 0) is 32.0 Å². The van der Waals surface area contributed by atoms with Gasteiger partial charge >= 0.3 is 0 Å². The summed E-state index contributed by atoms with van der Waals surface area (Å²) in [5, 5.41) is 14.2. The third kappa shape index (κ3) is 1.92. The van der Waals surface area contributed by atoms with Gasteiger partial charge in [0.2, 0.25) is 0 Å². The van der Waals surface area contributed by atoms with Crippen molar-refractivity contribution in [1.82, 2.24) is 5.32 Å². The van der Waals surface area contributed by atoms with Crippen LogP contribution in [0.15, 0.2) is 18.2 Å². The number of hydrogen-bond donors (Lipinski definition) is 2. The number of hydrogen-bond acceptors (Lipinski definition) is 3. The van der Waals surface area contributed by atoms with E-state index in [0.717, 1.165) is 31.5 Å². The van der Waals surface area contributed by atoms with Gasteiger partial charge in [0.15, 0.2) is 0 Å². The molecule has 2 N–H and O–H groups in total. The topological polar surface area (TPSA) is 41.5 Å². The SMILES string of the molecule is OC1CC2(CCNCC2)Oc2c(Cl)cccc21. The Labute approximate surface area is 106 Å². The van der Waals surface area contributed by atoms with Crippen LogP contribution in [0.1, 0.15) is 30.9 Å². The Morgan fingerprint density at radius 2 is 2.12 bits per heavy atom. The van der Waals surface area contributed by atoms with E-state index in [0.29, 0.717) is 17.2 Å². The first-order valence-corrected chi connectivity index (χ1v) is 6.44. The number of piperidine rings is 1. The van der Waals surface area contributed by atoms with Crippen molar-refractivity contribution in [3.8, 4) is 5.75 Å². The molecule has 1 saturated heterocycles. The number of rotatable bonds is 0. The Morgan fingerprint density at radius 1 is 1.35 bits per heavy atom. The molecule has 1 spiro atoms. The number of halogens is 1. The highest BCUT2D eigenvalue weighted by Gasteiger charge is 2.41. The van der Waals surface area contributed by atoms with E-state index in [1.807, 2.05) is 18.2 Å². The van der Waals surface area contributed by atoms with Crippen LogP contribution in [0.3, 0.4) is 0 Å². The molecule has 0 saturated carbocycles. The summed E-state index contributed by atoms with van der Waals surface area (Å²) in [5.41, 5.74) is 0.588. The maximum atomic E-state index is 10.2. The molecule has 1 unspecified atom stereocenters. The van der Waals surface area contributed by atoms with Gasteiger partial charge in [-0.2, -0.15) is 0 Å². The zero-order valence-electron chi connectivity index (χ0n) is 9.58. The lowest BCUT2D eigenvalue weighted by molar-refractivity contribution is -0.0335. The molecule has 2 aliphatic rings. The van der Waals surface area contributed by atoms with Crippen molar-refractivity contribution in [3.63, 3.8) is 0 Å². The minimum Gasteiger partial charge on any atom is -0.485 e. The maximum Gasteiger partial charge on any atom is 0.144 e. The predicted molar refractivity (Wildman–Crippen MR) is 66.5 cm³/mol. The average Bonchev–Trinajstić information content (AvgIpc) is 2.32. The zero-order valence-corrected chi connectivity index (χ0v) is 10.3. The average molecular weight is 254 g/mol. The van der Waals surface area contributed by atoms with Crippen LogP contribution in [-0.2, 0) is 0 Å². The molecule has 2 heterocycles. The van der Waals surface area contributed by atoms with E-state index in [1.165, 1.54) is 0 Å². The summed E-state index contributed by atoms with van der Waals surface area (Å²) in [6, 6.07) is 5.56. The Kier molecular flexibility index (Phi) is 2.77. The highest BCUT2D eigenvalue weighted by molar-refractivity contribution is 6.32. The molecule has 2 aliphatic heterocycles. The standard InChI is InChI=1S/C13H16ClNO2/c14-10-3-1-2-9-11(16)8-13(17-12(9)10)4-6-15-7-5-13/h1-3,11,15-16H,4-8H2. The highest BCUT2D eigenvalue weighted by atomic mass is 35.5. The Balaban J connectivity index is 1.99. The van der Waals surface area contributed by atoms with Crippen molar-refractivity contribution in [2.75, 3.05) is 13.1 Å². The van der Waals surface area contributed by atoms with Crippen molar-refractivity contribution < 1.29 is 9.84 Å². The zero-order chi connectivity index (χ0) is 11.9. The molecular weight excluding hydrogens is 238 g/mol. The summed E-state index contributed by atoms with van der Waals surface area (Å²) in [6.45, 7) is 1.87. The van der Waals surface area contributed by atoms with Crippen LogP contribution < -0.4 is 10.1 Å². The second kappa shape index (κ2) is 4.16. The van der Waals surface area contributed by atoms with Gasteiger partial charge < -0.3 is 15.2 Å². The van der Waals surface area contributed by atoms with Gasteiger partial charge in [0.25, 0.3) is 0 Å². The minimum atomic E-state index is -0.462. The van der Waals surface area contributed by atoms with Gasteiger partial charge in [-0.1, -0.05) is 23.7 Å². The lowest BCUT2D eigenvalue weighted by atomic mass is 9.82. The second-order valence-electron chi connectivity index (χ2n) is 4.91. The molecule has 0 amide bonds. The van der Waals surface area contributed by atoms with Crippen molar-refractivity contribution in [3.05, 3.63) is 28.8 Å². The molecule has 4 heteroatoms. The van der Waals surface area contributed by atoms with E-state index >= 15 is 0 Å². The number of benzene rings is 1. The fourth-order valence-corrected chi connectivity index (χ4v) is 3.03. The van der Waals surface area contributed by atoms with E-state index in [4.69, 9.17) is 16.3 Å². The fraction of sp³-hybridized carbons (Fsp3) is 0.538. The number of ether oxygens (including phenoxy) is 1. The van der Waals surface area contributed by atoms with E-state index in [9.17, 15) is 5.11 Å². The first-order valence-electron chi connectivity index (χ1n) is 6.06. The van der Waals surface area contributed by atoms with Gasteiger partial charge in [0.05, 0.1) is 11.1 Å². The lowest BCUT2D eigenvalue weighted by Crippen LogP contribution is -2.49. The Morgan fingerprint density at radius 3 is 2.88 bits per heavy atom. The van der Waals surface area contributed by atoms with Crippen LogP contribution in [0.25, 0.3) is 0 Å². The van der Waals surface area contributed by atoms with Crippen LogP contribution in [0.2, 0.25) is 5.02 Å². The second-order valence-corrected chi connectivity index (χ2v) is 5.32. The molecule has 0 radical (unpaired) electrons. The lowest BCUT2D eigenvalue weighted by Gasteiger charge is -2.43. The van der Waals surface area contributed by atoms with Crippen molar-refractivity contribution in [1.29, 1.82) is 0 Å². The number of aliphatic hydroxyl groups is 1. The first-order chi connectivity index (χ1) is 8.20. The molecule has 1 aromatic rings. The van der Waals surface area contributed by atoms with Crippen LogP contribution in [0, 0.1) is 0 Å². The Hall–Kier alpha value is -0.770. The summed E-state index contributed by atoms with van der Waals surface area (Å²) < 4.78 is 6.13. The molecule has 0 aliphatic carbocycles. The molecule has 3 nitrogen and oxygen atoms in total. The summed E-state index contributed by atoms with van der Waals surface area (Å²) in [5.74, 6) is 0.676. The van der Waals surface area contributed by atoms with Crippen molar-refractivity contribution in [2.24, 2.45) is 0 Å². The molecule has 3 rings (SSSR count). The third-order valence-electron chi connectivity index (χ3n) is 3.76. The summed E-state index contributed by atoms with van der Waals surface area (Å²) in [6.07, 6.45) is 2.06. The molecule has 1 aromatic carbocycles. The minimum absolute atomic E-state index is 0.233. The number of fused-ring (bicyclic) bond motifs is 1. The smallest absolute Gasteiger partial charge is 0.144 e.